The lowest BCUT2D eigenvalue weighted by atomic mass is 9.77. The Hall–Kier alpha value is -2.09. The monoisotopic (exact) mass is 391 g/mol. The molecule has 1 amide bonds. The normalized spacial score (nSPS) is 26.9. The minimum atomic E-state index is -2.56. The van der Waals surface area contributed by atoms with Gasteiger partial charge in [0.05, 0.1) is 29.5 Å². The van der Waals surface area contributed by atoms with Crippen molar-refractivity contribution >= 4 is 11.6 Å². The molecule has 0 bridgehead atoms. The zero-order chi connectivity index (χ0) is 19.9. The van der Waals surface area contributed by atoms with Crippen molar-refractivity contribution in [1.82, 2.24) is 19.9 Å². The maximum absolute atomic E-state index is 13.4. The molecular formula is C20H27F2N5O. The number of rotatable bonds is 4. The van der Waals surface area contributed by atoms with Gasteiger partial charge in [0.1, 0.15) is 0 Å². The predicted molar refractivity (Wildman–Crippen MR) is 101 cm³/mol. The molecule has 3 heterocycles. The third kappa shape index (κ3) is 3.74. The van der Waals surface area contributed by atoms with Gasteiger partial charge in [0.25, 0.3) is 0 Å². The molecule has 1 saturated carbocycles. The first-order chi connectivity index (χ1) is 13.3. The molecule has 2 fully saturated rings. The van der Waals surface area contributed by atoms with Crippen LogP contribution in [0.2, 0.25) is 0 Å². The first-order valence-electron chi connectivity index (χ1n) is 10.0. The fourth-order valence-electron chi connectivity index (χ4n) is 4.48. The van der Waals surface area contributed by atoms with E-state index in [9.17, 15) is 13.6 Å². The topological polar surface area (TPSA) is 85.3 Å². The molecule has 3 N–H and O–H groups in total. The molecule has 0 spiro atoms. The SMILES string of the molecule is CC1(Cc2cnn3cc([C@@H](N)C4CCC(F)(F)CC4)nc3c2)CCCNC1=O. The zero-order valence-electron chi connectivity index (χ0n) is 16.1. The van der Waals surface area contributed by atoms with Crippen LogP contribution in [0.25, 0.3) is 5.65 Å². The molecule has 28 heavy (non-hydrogen) atoms. The molecule has 1 saturated heterocycles. The van der Waals surface area contributed by atoms with Gasteiger partial charge in [0, 0.05) is 19.4 Å². The molecule has 152 valence electrons. The van der Waals surface area contributed by atoms with Gasteiger partial charge in [-0.25, -0.2) is 18.3 Å². The highest BCUT2D eigenvalue weighted by Gasteiger charge is 2.38. The van der Waals surface area contributed by atoms with Gasteiger partial charge in [-0.2, -0.15) is 5.10 Å². The van der Waals surface area contributed by atoms with Crippen molar-refractivity contribution in [2.45, 2.75) is 63.8 Å². The van der Waals surface area contributed by atoms with E-state index in [4.69, 9.17) is 5.73 Å². The van der Waals surface area contributed by atoms with Gasteiger partial charge in [-0.1, -0.05) is 6.92 Å². The minimum Gasteiger partial charge on any atom is -0.356 e. The van der Waals surface area contributed by atoms with E-state index in [0.29, 0.717) is 30.6 Å². The third-order valence-corrected chi connectivity index (χ3v) is 6.34. The zero-order valence-corrected chi connectivity index (χ0v) is 16.1. The molecular weight excluding hydrogens is 364 g/mol. The van der Waals surface area contributed by atoms with Crippen LogP contribution in [0.4, 0.5) is 8.78 Å². The average Bonchev–Trinajstić information content (AvgIpc) is 3.07. The number of halogens is 2. The lowest BCUT2D eigenvalue weighted by molar-refractivity contribution is -0.132. The molecule has 0 radical (unpaired) electrons. The number of carbonyl (C=O) groups is 1. The summed E-state index contributed by atoms with van der Waals surface area (Å²) in [4.78, 5) is 16.9. The Morgan fingerprint density at radius 1 is 1.36 bits per heavy atom. The minimum absolute atomic E-state index is 0.00820. The highest BCUT2D eigenvalue weighted by atomic mass is 19.3. The van der Waals surface area contributed by atoms with Crippen molar-refractivity contribution < 1.29 is 13.6 Å². The van der Waals surface area contributed by atoms with Crippen molar-refractivity contribution in [2.24, 2.45) is 17.1 Å². The van der Waals surface area contributed by atoms with E-state index in [0.717, 1.165) is 24.9 Å². The van der Waals surface area contributed by atoms with Crippen LogP contribution in [0.5, 0.6) is 0 Å². The maximum Gasteiger partial charge on any atom is 0.248 e. The Morgan fingerprint density at radius 2 is 2.11 bits per heavy atom. The predicted octanol–water partition coefficient (Wildman–Crippen LogP) is 3.01. The standard InChI is InChI=1S/C20H27F2N5O/c1-19(5-2-8-24-18(19)28)10-13-9-16-26-15(12-27(16)25-11-13)17(23)14-3-6-20(21,22)7-4-14/h9,11-12,14,17H,2-8,10,23H2,1H3,(H,24,28)/t17-,19?/m0/s1. The summed E-state index contributed by atoms with van der Waals surface area (Å²) in [5.41, 5.74) is 8.22. The van der Waals surface area contributed by atoms with Crippen molar-refractivity contribution in [2.75, 3.05) is 6.54 Å². The summed E-state index contributed by atoms with van der Waals surface area (Å²) in [5, 5.41) is 7.36. The molecule has 2 atom stereocenters. The van der Waals surface area contributed by atoms with Crippen LogP contribution >= 0.6 is 0 Å². The first-order valence-corrected chi connectivity index (χ1v) is 10.0. The Bertz CT molecular complexity index is 873. The number of carbonyl (C=O) groups excluding carboxylic acids is 1. The lowest BCUT2D eigenvalue weighted by Crippen LogP contribution is -2.45. The number of alkyl halides is 2. The largest absolute Gasteiger partial charge is 0.356 e. The van der Waals surface area contributed by atoms with E-state index in [1.54, 1.807) is 16.9 Å². The molecule has 2 aromatic heterocycles. The maximum atomic E-state index is 13.4. The molecule has 1 aliphatic carbocycles. The van der Waals surface area contributed by atoms with Gasteiger partial charge in [0.2, 0.25) is 11.8 Å². The smallest absolute Gasteiger partial charge is 0.248 e. The molecule has 2 aliphatic rings. The second-order valence-electron chi connectivity index (χ2n) is 8.65. The van der Waals surface area contributed by atoms with E-state index in [1.807, 2.05) is 13.0 Å². The number of imidazole rings is 1. The quantitative estimate of drug-likeness (QED) is 0.839. The van der Waals surface area contributed by atoms with Gasteiger partial charge in [-0.05, 0) is 49.7 Å². The Morgan fingerprint density at radius 3 is 2.82 bits per heavy atom. The fraction of sp³-hybridized carbons (Fsp3) is 0.650. The summed E-state index contributed by atoms with van der Waals surface area (Å²) in [6.07, 6.45) is 6.58. The number of fused-ring (bicyclic) bond motifs is 1. The molecule has 1 unspecified atom stereocenters. The summed E-state index contributed by atoms with van der Waals surface area (Å²) in [6.45, 7) is 2.72. The molecule has 0 aromatic carbocycles. The van der Waals surface area contributed by atoms with E-state index >= 15 is 0 Å². The van der Waals surface area contributed by atoms with E-state index in [2.05, 4.69) is 15.4 Å². The number of piperidine rings is 1. The van der Waals surface area contributed by atoms with Gasteiger partial charge >= 0.3 is 0 Å². The number of nitrogens with zero attached hydrogens (tertiary/aromatic N) is 3. The second-order valence-corrected chi connectivity index (χ2v) is 8.65. The van der Waals surface area contributed by atoms with Crippen LogP contribution in [0.15, 0.2) is 18.5 Å². The molecule has 2 aromatic rings. The van der Waals surface area contributed by atoms with Gasteiger partial charge in [-0.15, -0.1) is 0 Å². The Labute approximate surface area is 162 Å². The third-order valence-electron chi connectivity index (χ3n) is 6.34. The van der Waals surface area contributed by atoms with Gasteiger partial charge in [-0.3, -0.25) is 4.79 Å². The number of hydrogen-bond donors (Lipinski definition) is 2. The van der Waals surface area contributed by atoms with Crippen LogP contribution in [-0.4, -0.2) is 33.0 Å². The van der Waals surface area contributed by atoms with E-state index in [-0.39, 0.29) is 30.7 Å². The summed E-state index contributed by atoms with van der Waals surface area (Å²) in [5.74, 6) is -2.47. The Kier molecular flexibility index (Phi) is 4.85. The van der Waals surface area contributed by atoms with Crippen molar-refractivity contribution in [1.29, 1.82) is 0 Å². The highest BCUT2D eigenvalue weighted by Crippen LogP contribution is 2.40. The number of nitrogens with one attached hydrogen (secondary N) is 1. The van der Waals surface area contributed by atoms with Crippen LogP contribution in [0.3, 0.4) is 0 Å². The number of hydrogen-bond acceptors (Lipinski definition) is 4. The van der Waals surface area contributed by atoms with Crippen molar-refractivity contribution in [3.63, 3.8) is 0 Å². The Balaban J connectivity index is 1.51. The van der Waals surface area contributed by atoms with Crippen molar-refractivity contribution in [3.8, 4) is 0 Å². The molecule has 8 heteroatoms. The molecule has 1 aliphatic heterocycles. The van der Waals surface area contributed by atoms with Gasteiger partial charge < -0.3 is 11.1 Å². The summed E-state index contributed by atoms with van der Waals surface area (Å²) >= 11 is 0. The van der Waals surface area contributed by atoms with Crippen LogP contribution < -0.4 is 11.1 Å². The number of amides is 1. The molecule has 6 nitrogen and oxygen atoms in total. The van der Waals surface area contributed by atoms with E-state index < -0.39 is 11.3 Å². The summed E-state index contributed by atoms with van der Waals surface area (Å²) < 4.78 is 28.5. The highest BCUT2D eigenvalue weighted by molar-refractivity contribution is 5.83. The summed E-state index contributed by atoms with van der Waals surface area (Å²) in [6, 6.07) is 1.56. The number of aromatic nitrogens is 3. The van der Waals surface area contributed by atoms with Crippen LogP contribution in [-0.2, 0) is 11.2 Å². The first kappa shape index (κ1) is 19.2. The fourth-order valence-corrected chi connectivity index (χ4v) is 4.48. The number of nitrogens with two attached hydrogens (primary N) is 1. The van der Waals surface area contributed by atoms with Crippen LogP contribution in [0, 0.1) is 11.3 Å². The molecule has 4 rings (SSSR count). The van der Waals surface area contributed by atoms with Gasteiger partial charge in [0.15, 0.2) is 5.65 Å². The summed E-state index contributed by atoms with van der Waals surface area (Å²) in [7, 11) is 0. The average molecular weight is 391 g/mol. The lowest BCUT2D eigenvalue weighted by Gasteiger charge is -2.32. The van der Waals surface area contributed by atoms with E-state index in [1.165, 1.54) is 0 Å². The van der Waals surface area contributed by atoms with Crippen LogP contribution in [0.1, 0.15) is 62.7 Å². The van der Waals surface area contributed by atoms with Crippen molar-refractivity contribution in [3.05, 3.63) is 29.7 Å². The second kappa shape index (κ2) is 7.06.